The Morgan fingerprint density at radius 3 is 2.20 bits per heavy atom. The zero-order valence-electron chi connectivity index (χ0n) is 7.53. The highest BCUT2D eigenvalue weighted by Gasteiger charge is 2.64. The van der Waals surface area contributed by atoms with Gasteiger partial charge in [-0.05, 0) is 25.7 Å². The van der Waals surface area contributed by atoms with Gasteiger partial charge in [0, 0.05) is 0 Å². The molecule has 0 amide bonds. The molecule has 0 N–H and O–H groups in total. The number of rotatable bonds is 3. The van der Waals surface area contributed by atoms with Gasteiger partial charge in [-0.2, -0.15) is 22.0 Å². The average molecular weight is 235 g/mol. The molecule has 1 aliphatic rings. The number of hydrogen-bond donors (Lipinski definition) is 0. The predicted molar refractivity (Wildman–Crippen MR) is 38.9 cm³/mol. The molecule has 1 fully saturated rings. The molecule has 0 bridgehead atoms. The summed E-state index contributed by atoms with van der Waals surface area (Å²) in [5.41, 5.74) is 0. The van der Waals surface area contributed by atoms with E-state index in [0.717, 1.165) is 0 Å². The van der Waals surface area contributed by atoms with E-state index in [9.17, 15) is 26.3 Å². The third kappa shape index (κ3) is 2.76. The first-order valence-electron chi connectivity index (χ1n) is 4.31. The standard InChI is InChI=1S/C8H9F6O/c9-6(7(10,11)8(12,13)14)15-5-3-1-2-4-5/h1,5-6H,2-4H2. The highest BCUT2D eigenvalue weighted by molar-refractivity contribution is 4.85. The second-order valence-corrected chi connectivity index (χ2v) is 3.30. The van der Waals surface area contributed by atoms with Crippen LogP contribution in [0.1, 0.15) is 19.3 Å². The van der Waals surface area contributed by atoms with Crippen molar-refractivity contribution in [3.63, 3.8) is 0 Å². The number of ether oxygens (including phenoxy) is 1. The fourth-order valence-electron chi connectivity index (χ4n) is 1.23. The zero-order valence-corrected chi connectivity index (χ0v) is 7.53. The van der Waals surface area contributed by atoms with E-state index in [1.807, 2.05) is 0 Å². The van der Waals surface area contributed by atoms with Gasteiger partial charge in [0.15, 0.2) is 0 Å². The molecule has 1 radical (unpaired) electrons. The second kappa shape index (κ2) is 4.19. The molecular formula is C8H9F6O. The molecule has 2 unspecified atom stereocenters. The Balaban J connectivity index is 2.54. The van der Waals surface area contributed by atoms with E-state index in [4.69, 9.17) is 0 Å². The van der Waals surface area contributed by atoms with Gasteiger partial charge in [-0.25, -0.2) is 4.39 Å². The van der Waals surface area contributed by atoms with Gasteiger partial charge in [-0.15, -0.1) is 0 Å². The Hall–Kier alpha value is -0.460. The Morgan fingerprint density at radius 2 is 1.80 bits per heavy atom. The lowest BCUT2D eigenvalue weighted by molar-refractivity contribution is -0.346. The van der Waals surface area contributed by atoms with Gasteiger partial charge in [0.05, 0.1) is 6.10 Å². The van der Waals surface area contributed by atoms with Gasteiger partial charge in [-0.3, -0.25) is 0 Å². The van der Waals surface area contributed by atoms with Crippen molar-refractivity contribution in [1.29, 1.82) is 0 Å². The van der Waals surface area contributed by atoms with Crippen molar-refractivity contribution in [2.24, 2.45) is 0 Å². The van der Waals surface area contributed by atoms with E-state index < -0.39 is 24.6 Å². The van der Waals surface area contributed by atoms with Gasteiger partial charge >= 0.3 is 12.1 Å². The monoisotopic (exact) mass is 235 g/mol. The molecule has 1 nitrogen and oxygen atoms in total. The molecule has 2 atom stereocenters. The van der Waals surface area contributed by atoms with E-state index >= 15 is 0 Å². The Labute approximate surface area is 82.4 Å². The third-order valence-electron chi connectivity index (χ3n) is 2.10. The van der Waals surface area contributed by atoms with Crippen molar-refractivity contribution in [1.82, 2.24) is 0 Å². The van der Waals surface area contributed by atoms with Crippen molar-refractivity contribution in [2.75, 3.05) is 0 Å². The minimum atomic E-state index is -5.92. The Bertz CT molecular complexity index is 208. The minimum absolute atomic E-state index is 0.203. The highest BCUT2D eigenvalue weighted by Crippen LogP contribution is 2.41. The van der Waals surface area contributed by atoms with Crippen molar-refractivity contribution in [2.45, 2.75) is 43.8 Å². The van der Waals surface area contributed by atoms with Gasteiger partial charge in [-0.1, -0.05) is 0 Å². The van der Waals surface area contributed by atoms with Crippen LogP contribution in [0.5, 0.6) is 0 Å². The van der Waals surface area contributed by atoms with Crippen molar-refractivity contribution in [3.8, 4) is 0 Å². The lowest BCUT2D eigenvalue weighted by atomic mass is 10.3. The molecule has 0 saturated heterocycles. The summed E-state index contributed by atoms with van der Waals surface area (Å²) < 4.78 is 76.4. The van der Waals surface area contributed by atoms with Crippen LogP contribution in [0.2, 0.25) is 0 Å². The number of hydrogen-bond acceptors (Lipinski definition) is 1. The molecule has 0 aliphatic heterocycles. The molecule has 7 heteroatoms. The van der Waals surface area contributed by atoms with Crippen LogP contribution in [-0.4, -0.2) is 24.6 Å². The zero-order chi connectivity index (χ0) is 11.7. The van der Waals surface area contributed by atoms with Gasteiger partial charge in [0.2, 0.25) is 0 Å². The van der Waals surface area contributed by atoms with Crippen LogP contribution in [0, 0.1) is 6.42 Å². The largest absolute Gasteiger partial charge is 0.459 e. The van der Waals surface area contributed by atoms with Gasteiger partial charge in [0.1, 0.15) is 0 Å². The topological polar surface area (TPSA) is 9.23 Å². The first kappa shape index (κ1) is 12.6. The third-order valence-corrected chi connectivity index (χ3v) is 2.10. The predicted octanol–water partition coefficient (Wildman–Crippen LogP) is 3.25. The number of halogens is 6. The van der Waals surface area contributed by atoms with Crippen LogP contribution in [0.25, 0.3) is 0 Å². The summed E-state index contributed by atoms with van der Waals surface area (Å²) >= 11 is 0. The summed E-state index contributed by atoms with van der Waals surface area (Å²) in [6, 6.07) is 0. The molecular weight excluding hydrogens is 226 g/mol. The van der Waals surface area contributed by atoms with Crippen molar-refractivity contribution in [3.05, 3.63) is 6.42 Å². The van der Waals surface area contributed by atoms with E-state index in [-0.39, 0.29) is 12.8 Å². The first-order valence-corrected chi connectivity index (χ1v) is 4.31. The van der Waals surface area contributed by atoms with Gasteiger partial charge in [0.25, 0.3) is 6.36 Å². The van der Waals surface area contributed by atoms with E-state index in [2.05, 4.69) is 4.74 Å². The SMILES string of the molecule is FC(OC1C[CH]CC1)C(F)(F)C(F)(F)F. The fraction of sp³-hybridized carbons (Fsp3) is 0.875. The van der Waals surface area contributed by atoms with E-state index in [1.54, 1.807) is 6.42 Å². The quantitative estimate of drug-likeness (QED) is 0.682. The molecule has 1 aliphatic carbocycles. The Morgan fingerprint density at radius 1 is 1.20 bits per heavy atom. The van der Waals surface area contributed by atoms with Crippen LogP contribution in [0.3, 0.4) is 0 Å². The highest BCUT2D eigenvalue weighted by atomic mass is 19.4. The second-order valence-electron chi connectivity index (χ2n) is 3.30. The maximum absolute atomic E-state index is 12.6. The van der Waals surface area contributed by atoms with Crippen molar-refractivity contribution >= 4 is 0 Å². The summed E-state index contributed by atoms with van der Waals surface area (Å²) in [5.74, 6) is -5.45. The maximum Gasteiger partial charge on any atom is 0.459 e. The minimum Gasteiger partial charge on any atom is -0.340 e. The summed E-state index contributed by atoms with van der Waals surface area (Å²) in [6.45, 7) is 0. The van der Waals surface area contributed by atoms with Crippen LogP contribution in [0.4, 0.5) is 26.3 Å². The maximum atomic E-state index is 12.6. The smallest absolute Gasteiger partial charge is 0.340 e. The molecule has 0 heterocycles. The summed E-state index contributed by atoms with van der Waals surface area (Å²) in [5, 5.41) is 0. The first-order chi connectivity index (χ1) is 6.75. The molecule has 89 valence electrons. The van der Waals surface area contributed by atoms with Crippen LogP contribution < -0.4 is 0 Å². The Kier molecular flexibility index (Phi) is 3.52. The van der Waals surface area contributed by atoms with E-state index in [1.165, 1.54) is 0 Å². The molecule has 0 aromatic carbocycles. The number of alkyl halides is 6. The normalized spacial score (nSPS) is 22.0. The molecule has 1 rings (SSSR count). The lowest BCUT2D eigenvalue weighted by Crippen LogP contribution is -2.47. The molecule has 0 spiro atoms. The van der Waals surface area contributed by atoms with Crippen LogP contribution in [0.15, 0.2) is 0 Å². The van der Waals surface area contributed by atoms with Crippen LogP contribution in [-0.2, 0) is 4.74 Å². The lowest BCUT2D eigenvalue weighted by Gasteiger charge is -2.25. The molecule has 1 saturated carbocycles. The summed E-state index contributed by atoms with van der Waals surface area (Å²) in [4.78, 5) is 0. The van der Waals surface area contributed by atoms with Crippen molar-refractivity contribution < 1.29 is 31.1 Å². The summed E-state index contributed by atoms with van der Waals surface area (Å²) in [7, 11) is 0. The van der Waals surface area contributed by atoms with E-state index in [0.29, 0.717) is 6.42 Å². The molecule has 0 aromatic rings. The fourth-order valence-corrected chi connectivity index (χ4v) is 1.23. The summed E-state index contributed by atoms with van der Waals surface area (Å²) in [6.07, 6.45) is -7.77. The van der Waals surface area contributed by atoms with Crippen LogP contribution >= 0.6 is 0 Å². The average Bonchev–Trinajstić information content (AvgIpc) is 2.54. The molecule has 15 heavy (non-hydrogen) atoms. The van der Waals surface area contributed by atoms with Gasteiger partial charge < -0.3 is 4.74 Å². The molecule has 0 aromatic heterocycles.